The molecule has 1 amide bonds. The Morgan fingerprint density at radius 3 is 2.79 bits per heavy atom. The summed E-state index contributed by atoms with van der Waals surface area (Å²) < 4.78 is 5.82. The summed E-state index contributed by atoms with van der Waals surface area (Å²) in [5.74, 6) is 0.194. The van der Waals surface area contributed by atoms with Crippen molar-refractivity contribution in [3.05, 3.63) is 70.3 Å². The number of likely N-dealkylation sites (N-methyl/N-ethyl adjacent to an activating group) is 1. The molecule has 0 aliphatic heterocycles. The lowest BCUT2D eigenvalue weighted by Crippen LogP contribution is -2.23. The molecule has 0 spiro atoms. The number of hydrogen-bond donors (Lipinski definition) is 1. The molecule has 5 heteroatoms. The van der Waals surface area contributed by atoms with Crippen LogP contribution in [0.25, 0.3) is 6.08 Å². The van der Waals surface area contributed by atoms with Gasteiger partial charge in [-0.15, -0.1) is 0 Å². The van der Waals surface area contributed by atoms with Crippen molar-refractivity contribution in [3.8, 4) is 11.8 Å². The van der Waals surface area contributed by atoms with E-state index in [9.17, 15) is 10.1 Å². The Morgan fingerprint density at radius 2 is 2.08 bits per heavy atom. The standard InChI is InChI=1S/C19H17ClN2O2/c1-2-22-19(23)16(12-21)11-15-7-3-4-9-18(15)24-13-14-6-5-8-17(20)10-14/h3-11H,2,13H2,1H3,(H,22,23)/b16-11+. The molecule has 122 valence electrons. The van der Waals surface area contributed by atoms with Crippen molar-refractivity contribution < 1.29 is 9.53 Å². The second-order valence-corrected chi connectivity index (χ2v) is 5.42. The van der Waals surface area contributed by atoms with E-state index in [4.69, 9.17) is 16.3 Å². The largest absolute Gasteiger partial charge is 0.488 e. The SMILES string of the molecule is CCNC(=O)/C(C#N)=C/c1ccccc1OCc1cccc(Cl)c1. The summed E-state index contributed by atoms with van der Waals surface area (Å²) >= 11 is 5.96. The van der Waals surface area contributed by atoms with E-state index in [1.54, 1.807) is 25.1 Å². The van der Waals surface area contributed by atoms with Crippen LogP contribution in [0.3, 0.4) is 0 Å². The van der Waals surface area contributed by atoms with Crippen LogP contribution in [0.4, 0.5) is 0 Å². The zero-order chi connectivity index (χ0) is 17.4. The zero-order valence-corrected chi connectivity index (χ0v) is 14.0. The number of hydrogen-bond acceptors (Lipinski definition) is 3. The maximum Gasteiger partial charge on any atom is 0.261 e. The molecule has 0 unspecified atom stereocenters. The van der Waals surface area contributed by atoms with E-state index < -0.39 is 5.91 Å². The van der Waals surface area contributed by atoms with Gasteiger partial charge in [-0.1, -0.05) is 41.9 Å². The summed E-state index contributed by atoms with van der Waals surface area (Å²) in [6, 6.07) is 16.6. The first-order chi connectivity index (χ1) is 11.6. The molecule has 0 bridgehead atoms. The Balaban J connectivity index is 2.21. The van der Waals surface area contributed by atoms with Gasteiger partial charge in [-0.25, -0.2) is 0 Å². The Kier molecular flexibility index (Phi) is 6.41. The van der Waals surface area contributed by atoms with Crippen LogP contribution in [0.15, 0.2) is 54.1 Å². The molecule has 0 radical (unpaired) electrons. The predicted octanol–water partition coefficient (Wildman–Crippen LogP) is 3.96. The fraction of sp³-hybridized carbons (Fsp3) is 0.158. The van der Waals surface area contributed by atoms with Crippen LogP contribution in [-0.4, -0.2) is 12.5 Å². The summed E-state index contributed by atoms with van der Waals surface area (Å²) in [6.45, 7) is 2.61. The molecular formula is C19H17ClN2O2. The highest BCUT2D eigenvalue weighted by Crippen LogP contribution is 2.22. The van der Waals surface area contributed by atoms with Crippen molar-refractivity contribution in [3.63, 3.8) is 0 Å². The summed E-state index contributed by atoms with van der Waals surface area (Å²) in [5.41, 5.74) is 1.64. The highest BCUT2D eigenvalue weighted by atomic mass is 35.5. The smallest absolute Gasteiger partial charge is 0.261 e. The minimum atomic E-state index is -0.398. The molecule has 0 aliphatic rings. The van der Waals surface area contributed by atoms with Gasteiger partial charge in [0.1, 0.15) is 24.0 Å². The van der Waals surface area contributed by atoms with Gasteiger partial charge in [-0.05, 0) is 36.8 Å². The average molecular weight is 341 g/mol. The Bertz CT molecular complexity index is 794. The highest BCUT2D eigenvalue weighted by Gasteiger charge is 2.09. The average Bonchev–Trinajstić information content (AvgIpc) is 2.59. The number of halogens is 1. The number of nitriles is 1. The number of para-hydroxylation sites is 1. The number of amides is 1. The molecular weight excluding hydrogens is 324 g/mol. The molecule has 0 aromatic heterocycles. The van der Waals surface area contributed by atoms with Crippen molar-refractivity contribution in [1.82, 2.24) is 5.32 Å². The molecule has 0 saturated carbocycles. The lowest BCUT2D eigenvalue weighted by Gasteiger charge is -2.10. The quantitative estimate of drug-likeness (QED) is 0.639. The number of nitrogens with one attached hydrogen (secondary N) is 1. The van der Waals surface area contributed by atoms with Gasteiger partial charge in [0.25, 0.3) is 5.91 Å². The van der Waals surface area contributed by atoms with Crippen LogP contribution in [0.2, 0.25) is 5.02 Å². The van der Waals surface area contributed by atoms with Gasteiger partial charge in [0.2, 0.25) is 0 Å². The third kappa shape index (κ3) is 4.87. The molecule has 2 rings (SSSR count). The van der Waals surface area contributed by atoms with E-state index in [1.165, 1.54) is 6.08 Å². The monoisotopic (exact) mass is 340 g/mol. The summed E-state index contributed by atoms with van der Waals surface area (Å²) in [4.78, 5) is 11.8. The molecule has 2 aromatic carbocycles. The normalized spacial score (nSPS) is 10.8. The highest BCUT2D eigenvalue weighted by molar-refractivity contribution is 6.30. The Labute approximate surface area is 146 Å². The summed E-state index contributed by atoms with van der Waals surface area (Å²) in [6.07, 6.45) is 1.53. The van der Waals surface area contributed by atoms with Crippen LogP contribution in [-0.2, 0) is 11.4 Å². The van der Waals surface area contributed by atoms with Gasteiger partial charge in [-0.3, -0.25) is 4.79 Å². The lowest BCUT2D eigenvalue weighted by atomic mass is 10.1. The predicted molar refractivity (Wildman–Crippen MR) is 94.5 cm³/mol. The number of rotatable bonds is 6. The number of ether oxygens (including phenoxy) is 1. The number of carbonyl (C=O) groups is 1. The van der Waals surface area contributed by atoms with Gasteiger partial charge in [0, 0.05) is 17.1 Å². The van der Waals surface area contributed by atoms with Crippen molar-refractivity contribution in [1.29, 1.82) is 5.26 Å². The second kappa shape index (κ2) is 8.76. The first-order valence-corrected chi connectivity index (χ1v) is 7.88. The Hall–Kier alpha value is -2.77. The maximum absolute atomic E-state index is 11.8. The zero-order valence-electron chi connectivity index (χ0n) is 13.3. The minimum Gasteiger partial charge on any atom is -0.488 e. The maximum atomic E-state index is 11.8. The van der Waals surface area contributed by atoms with Crippen molar-refractivity contribution in [2.24, 2.45) is 0 Å². The van der Waals surface area contributed by atoms with Crippen LogP contribution in [0, 0.1) is 11.3 Å². The molecule has 0 atom stereocenters. The molecule has 0 saturated heterocycles. The van der Waals surface area contributed by atoms with E-state index in [0.29, 0.717) is 29.5 Å². The van der Waals surface area contributed by atoms with E-state index >= 15 is 0 Å². The van der Waals surface area contributed by atoms with E-state index in [2.05, 4.69) is 5.32 Å². The number of carbonyl (C=O) groups excluding carboxylic acids is 1. The molecule has 4 nitrogen and oxygen atoms in total. The Morgan fingerprint density at radius 1 is 1.29 bits per heavy atom. The van der Waals surface area contributed by atoms with Gasteiger partial charge in [-0.2, -0.15) is 5.26 Å². The third-order valence-corrected chi connectivity index (χ3v) is 3.44. The van der Waals surface area contributed by atoms with E-state index in [1.807, 2.05) is 36.4 Å². The van der Waals surface area contributed by atoms with Gasteiger partial charge >= 0.3 is 0 Å². The second-order valence-electron chi connectivity index (χ2n) is 4.99. The molecule has 0 fully saturated rings. The first-order valence-electron chi connectivity index (χ1n) is 7.50. The summed E-state index contributed by atoms with van der Waals surface area (Å²) in [7, 11) is 0. The molecule has 0 heterocycles. The molecule has 2 aromatic rings. The molecule has 0 aliphatic carbocycles. The van der Waals surface area contributed by atoms with Gasteiger partial charge in [0.15, 0.2) is 0 Å². The van der Waals surface area contributed by atoms with E-state index in [-0.39, 0.29) is 5.57 Å². The van der Waals surface area contributed by atoms with Crippen LogP contribution in [0.1, 0.15) is 18.1 Å². The van der Waals surface area contributed by atoms with Gasteiger partial charge in [0.05, 0.1) is 0 Å². The van der Waals surface area contributed by atoms with E-state index in [0.717, 1.165) is 5.56 Å². The first kappa shape index (κ1) is 17.6. The molecule has 24 heavy (non-hydrogen) atoms. The fourth-order valence-electron chi connectivity index (χ4n) is 2.08. The third-order valence-electron chi connectivity index (χ3n) is 3.20. The van der Waals surface area contributed by atoms with Gasteiger partial charge < -0.3 is 10.1 Å². The van der Waals surface area contributed by atoms with Crippen LogP contribution >= 0.6 is 11.6 Å². The van der Waals surface area contributed by atoms with Crippen molar-refractivity contribution in [2.75, 3.05) is 6.54 Å². The number of benzene rings is 2. The molecule has 1 N–H and O–H groups in total. The topological polar surface area (TPSA) is 62.1 Å². The lowest BCUT2D eigenvalue weighted by molar-refractivity contribution is -0.116. The number of nitrogens with zero attached hydrogens (tertiary/aromatic N) is 1. The minimum absolute atomic E-state index is 0.0376. The van der Waals surface area contributed by atoms with Crippen LogP contribution in [0.5, 0.6) is 5.75 Å². The summed E-state index contributed by atoms with van der Waals surface area (Å²) in [5, 5.41) is 12.4. The van der Waals surface area contributed by atoms with Crippen molar-refractivity contribution in [2.45, 2.75) is 13.5 Å². The van der Waals surface area contributed by atoms with Crippen LogP contribution < -0.4 is 10.1 Å². The van der Waals surface area contributed by atoms with Crippen molar-refractivity contribution >= 4 is 23.6 Å². The fourth-order valence-corrected chi connectivity index (χ4v) is 2.29.